The second kappa shape index (κ2) is 3.50. The van der Waals surface area contributed by atoms with E-state index in [2.05, 4.69) is 15.2 Å². The molecule has 2 aromatic rings. The third-order valence-electron chi connectivity index (χ3n) is 3.63. The average Bonchev–Trinajstić information content (AvgIpc) is 2.84. The van der Waals surface area contributed by atoms with E-state index in [4.69, 9.17) is 5.73 Å². The number of aromatic nitrogens is 4. The Bertz CT molecular complexity index is 566. The van der Waals surface area contributed by atoms with Crippen molar-refractivity contribution < 1.29 is 0 Å². The quantitative estimate of drug-likeness (QED) is 0.807. The molecule has 5 heteroatoms. The Morgan fingerprint density at radius 2 is 1.94 bits per heavy atom. The van der Waals surface area contributed by atoms with Crippen LogP contribution in [0.15, 0.2) is 6.07 Å². The third-order valence-corrected chi connectivity index (χ3v) is 3.63. The molecule has 0 spiro atoms. The van der Waals surface area contributed by atoms with Gasteiger partial charge in [0.15, 0.2) is 5.82 Å². The molecule has 90 valence electrons. The summed E-state index contributed by atoms with van der Waals surface area (Å²) < 4.78 is 2.00. The topological polar surface area (TPSA) is 69.1 Å². The summed E-state index contributed by atoms with van der Waals surface area (Å²) in [6.45, 7) is 4.02. The van der Waals surface area contributed by atoms with Crippen LogP contribution in [0.1, 0.15) is 42.9 Å². The molecule has 2 N–H and O–H groups in total. The summed E-state index contributed by atoms with van der Waals surface area (Å²) in [5.41, 5.74) is 8.19. The van der Waals surface area contributed by atoms with Crippen LogP contribution in [0.4, 0.5) is 0 Å². The number of nitrogens with zero attached hydrogens (tertiary/aromatic N) is 4. The van der Waals surface area contributed by atoms with Crippen molar-refractivity contribution in [2.45, 2.75) is 45.1 Å². The number of nitrogens with two attached hydrogens (primary N) is 1. The van der Waals surface area contributed by atoms with E-state index in [1.165, 1.54) is 12.8 Å². The normalized spacial score (nSPS) is 19.0. The Morgan fingerprint density at radius 3 is 2.65 bits per heavy atom. The average molecular weight is 231 g/mol. The fourth-order valence-electron chi connectivity index (χ4n) is 2.78. The summed E-state index contributed by atoms with van der Waals surface area (Å²) in [6.07, 6.45) is 4.32. The summed E-state index contributed by atoms with van der Waals surface area (Å²) in [6, 6.07) is 2.04. The molecule has 0 amide bonds. The lowest BCUT2D eigenvalue weighted by atomic mass is 9.98. The van der Waals surface area contributed by atoms with Gasteiger partial charge in [0.2, 0.25) is 0 Å². The van der Waals surface area contributed by atoms with Crippen molar-refractivity contribution in [3.05, 3.63) is 23.3 Å². The van der Waals surface area contributed by atoms with Crippen LogP contribution >= 0.6 is 0 Å². The Morgan fingerprint density at radius 1 is 1.24 bits per heavy atom. The number of hydrogen-bond donors (Lipinski definition) is 1. The molecule has 0 bridgehead atoms. The molecule has 0 saturated heterocycles. The van der Waals surface area contributed by atoms with Gasteiger partial charge in [-0.25, -0.2) is 4.98 Å². The van der Waals surface area contributed by atoms with Gasteiger partial charge in [-0.15, -0.1) is 10.2 Å². The maximum absolute atomic E-state index is 6.45. The van der Waals surface area contributed by atoms with Gasteiger partial charge in [-0.2, -0.15) is 0 Å². The fourth-order valence-corrected chi connectivity index (χ4v) is 2.78. The van der Waals surface area contributed by atoms with Gasteiger partial charge < -0.3 is 5.73 Å². The number of aryl methyl sites for hydroxylation is 2. The van der Waals surface area contributed by atoms with Gasteiger partial charge in [0.1, 0.15) is 0 Å². The second-order valence-corrected chi connectivity index (χ2v) is 5.06. The zero-order valence-electron chi connectivity index (χ0n) is 10.3. The van der Waals surface area contributed by atoms with E-state index in [0.29, 0.717) is 5.78 Å². The molecule has 0 aliphatic heterocycles. The van der Waals surface area contributed by atoms with E-state index >= 15 is 0 Å². The molecule has 5 nitrogen and oxygen atoms in total. The first-order chi connectivity index (χ1) is 8.10. The van der Waals surface area contributed by atoms with Crippen LogP contribution in [0.5, 0.6) is 0 Å². The molecular weight excluding hydrogens is 214 g/mol. The highest BCUT2D eigenvalue weighted by atomic mass is 15.3. The minimum absolute atomic E-state index is 0.318. The van der Waals surface area contributed by atoms with E-state index in [9.17, 15) is 0 Å². The van der Waals surface area contributed by atoms with Crippen LogP contribution in [0.2, 0.25) is 0 Å². The SMILES string of the molecule is Cc1cc(C)n2c(C3(N)CCCC3)nnc2n1. The van der Waals surface area contributed by atoms with E-state index in [1.807, 2.05) is 24.3 Å². The molecule has 3 rings (SSSR count). The number of fused-ring (bicyclic) bond motifs is 1. The molecule has 1 aliphatic carbocycles. The minimum Gasteiger partial charge on any atom is -0.319 e. The predicted molar refractivity (Wildman–Crippen MR) is 64.6 cm³/mol. The van der Waals surface area contributed by atoms with Crippen LogP contribution in [0.3, 0.4) is 0 Å². The summed E-state index contributed by atoms with van der Waals surface area (Å²) in [5, 5.41) is 8.43. The molecule has 2 aromatic heterocycles. The smallest absolute Gasteiger partial charge is 0.255 e. The highest BCUT2D eigenvalue weighted by molar-refractivity contribution is 5.34. The number of hydrogen-bond acceptors (Lipinski definition) is 4. The molecular formula is C12H17N5. The van der Waals surface area contributed by atoms with Crippen molar-refractivity contribution >= 4 is 5.78 Å². The van der Waals surface area contributed by atoms with Gasteiger partial charge in [0.25, 0.3) is 5.78 Å². The lowest BCUT2D eigenvalue weighted by molar-refractivity contribution is 0.426. The largest absolute Gasteiger partial charge is 0.319 e. The van der Waals surface area contributed by atoms with E-state index in [1.54, 1.807) is 0 Å². The zero-order valence-corrected chi connectivity index (χ0v) is 10.3. The molecule has 1 fully saturated rings. The van der Waals surface area contributed by atoms with Gasteiger partial charge in [0.05, 0.1) is 5.54 Å². The third kappa shape index (κ3) is 1.53. The molecule has 0 unspecified atom stereocenters. The summed E-state index contributed by atoms with van der Waals surface area (Å²) >= 11 is 0. The van der Waals surface area contributed by atoms with E-state index in [-0.39, 0.29) is 5.54 Å². The van der Waals surface area contributed by atoms with Crippen molar-refractivity contribution in [2.75, 3.05) is 0 Å². The first-order valence-electron chi connectivity index (χ1n) is 6.09. The highest BCUT2D eigenvalue weighted by Crippen LogP contribution is 2.35. The minimum atomic E-state index is -0.318. The van der Waals surface area contributed by atoms with Crippen molar-refractivity contribution in [1.29, 1.82) is 0 Å². The lowest BCUT2D eigenvalue weighted by Gasteiger charge is -2.21. The van der Waals surface area contributed by atoms with Crippen molar-refractivity contribution in [1.82, 2.24) is 19.6 Å². The standard InChI is InChI=1S/C12H17N5/c1-8-7-9(2)17-10(15-16-11(17)14-8)12(13)5-3-4-6-12/h7H,3-6,13H2,1-2H3. The fraction of sp³-hybridized carbons (Fsp3) is 0.583. The van der Waals surface area contributed by atoms with Gasteiger partial charge in [-0.1, -0.05) is 12.8 Å². The molecule has 0 aromatic carbocycles. The monoisotopic (exact) mass is 231 g/mol. The summed E-state index contributed by atoms with van der Waals surface area (Å²) in [7, 11) is 0. The summed E-state index contributed by atoms with van der Waals surface area (Å²) in [4.78, 5) is 4.39. The van der Waals surface area contributed by atoms with Gasteiger partial charge in [-0.05, 0) is 32.8 Å². The molecule has 0 atom stereocenters. The van der Waals surface area contributed by atoms with Crippen LogP contribution in [0, 0.1) is 13.8 Å². The van der Waals surface area contributed by atoms with Crippen molar-refractivity contribution in [3.63, 3.8) is 0 Å². The molecule has 0 radical (unpaired) electrons. The maximum Gasteiger partial charge on any atom is 0.255 e. The van der Waals surface area contributed by atoms with Crippen molar-refractivity contribution in [2.24, 2.45) is 5.73 Å². The Hall–Kier alpha value is -1.49. The Labute approximate surface area is 100 Å². The molecule has 17 heavy (non-hydrogen) atoms. The number of rotatable bonds is 1. The van der Waals surface area contributed by atoms with E-state index < -0.39 is 0 Å². The van der Waals surface area contributed by atoms with Gasteiger partial charge in [-0.3, -0.25) is 4.40 Å². The second-order valence-electron chi connectivity index (χ2n) is 5.06. The first kappa shape index (κ1) is 10.7. The van der Waals surface area contributed by atoms with Crippen LogP contribution in [-0.2, 0) is 5.54 Å². The zero-order chi connectivity index (χ0) is 12.0. The summed E-state index contributed by atoms with van der Waals surface area (Å²) in [5.74, 6) is 1.53. The molecule has 2 heterocycles. The van der Waals surface area contributed by atoms with Crippen LogP contribution < -0.4 is 5.73 Å². The van der Waals surface area contributed by atoms with E-state index in [0.717, 1.165) is 30.1 Å². The van der Waals surface area contributed by atoms with Crippen LogP contribution in [-0.4, -0.2) is 19.6 Å². The van der Waals surface area contributed by atoms with Crippen molar-refractivity contribution in [3.8, 4) is 0 Å². The predicted octanol–water partition coefficient (Wildman–Crippen LogP) is 1.47. The Balaban J connectivity index is 2.24. The maximum atomic E-state index is 6.45. The Kier molecular flexibility index (Phi) is 2.19. The van der Waals surface area contributed by atoms with Crippen LogP contribution in [0.25, 0.3) is 5.78 Å². The lowest BCUT2D eigenvalue weighted by Crippen LogP contribution is -2.35. The molecule has 1 aliphatic rings. The molecule has 1 saturated carbocycles. The highest BCUT2D eigenvalue weighted by Gasteiger charge is 2.36. The van der Waals surface area contributed by atoms with Gasteiger partial charge in [0, 0.05) is 11.4 Å². The van der Waals surface area contributed by atoms with Gasteiger partial charge >= 0.3 is 0 Å². The first-order valence-corrected chi connectivity index (χ1v) is 6.09.